The van der Waals surface area contributed by atoms with Crippen molar-refractivity contribution in [2.75, 3.05) is 5.73 Å². The molecule has 4 rings (SSSR count). The maximum Gasteiger partial charge on any atom is 0.220 e. The average molecular weight is 492 g/mol. The van der Waals surface area contributed by atoms with Crippen molar-refractivity contribution in [3.05, 3.63) is 88.2 Å². The summed E-state index contributed by atoms with van der Waals surface area (Å²) < 4.78 is 0. The SMILES string of the molecule is CC(=O)/C(=C\c1cnc(N)nc1C)c1ccccc1Cl.CC1CCCCC1.CCc1ccccc1. The van der Waals surface area contributed by atoms with Gasteiger partial charge in [-0.1, -0.05) is 106 Å². The normalized spacial score (nSPS) is 13.7. The summed E-state index contributed by atoms with van der Waals surface area (Å²) >= 11 is 6.15. The van der Waals surface area contributed by atoms with Crippen LogP contribution in [0.25, 0.3) is 11.6 Å². The predicted molar refractivity (Wildman–Crippen MR) is 149 cm³/mol. The summed E-state index contributed by atoms with van der Waals surface area (Å²) in [5.74, 6) is 1.17. The van der Waals surface area contributed by atoms with Crippen LogP contribution in [-0.2, 0) is 11.2 Å². The van der Waals surface area contributed by atoms with Crippen LogP contribution in [0.3, 0.4) is 0 Å². The van der Waals surface area contributed by atoms with Gasteiger partial charge < -0.3 is 5.73 Å². The van der Waals surface area contributed by atoms with E-state index in [0.717, 1.165) is 17.9 Å². The minimum Gasteiger partial charge on any atom is -0.368 e. The Balaban J connectivity index is 0.000000234. The fourth-order valence-corrected chi connectivity index (χ4v) is 4.10. The van der Waals surface area contributed by atoms with E-state index in [-0.39, 0.29) is 11.7 Å². The van der Waals surface area contributed by atoms with Crippen molar-refractivity contribution in [3.8, 4) is 0 Å². The van der Waals surface area contributed by atoms with Crippen LogP contribution < -0.4 is 5.73 Å². The van der Waals surface area contributed by atoms with Gasteiger partial charge in [0.1, 0.15) is 0 Å². The summed E-state index contributed by atoms with van der Waals surface area (Å²) in [5, 5.41) is 0.531. The van der Waals surface area contributed by atoms with Crippen LogP contribution in [0.15, 0.2) is 60.8 Å². The fraction of sp³-hybridized carbons (Fsp3) is 0.367. The van der Waals surface area contributed by atoms with Gasteiger partial charge in [-0.15, -0.1) is 0 Å². The van der Waals surface area contributed by atoms with E-state index in [1.165, 1.54) is 44.6 Å². The van der Waals surface area contributed by atoms with E-state index in [2.05, 4.69) is 48.1 Å². The number of aryl methyl sites for hydroxylation is 2. The Morgan fingerprint density at radius 1 is 1.06 bits per heavy atom. The number of hydrogen-bond donors (Lipinski definition) is 1. The molecule has 0 spiro atoms. The molecule has 0 amide bonds. The zero-order valence-electron chi connectivity index (χ0n) is 21.4. The van der Waals surface area contributed by atoms with Crippen molar-refractivity contribution in [3.63, 3.8) is 0 Å². The van der Waals surface area contributed by atoms with Gasteiger partial charge in [0.2, 0.25) is 5.95 Å². The summed E-state index contributed by atoms with van der Waals surface area (Å²) in [4.78, 5) is 19.9. The van der Waals surface area contributed by atoms with Crippen LogP contribution in [-0.4, -0.2) is 15.8 Å². The summed E-state index contributed by atoms with van der Waals surface area (Å²) in [6.45, 7) is 7.84. The molecule has 0 radical (unpaired) electrons. The van der Waals surface area contributed by atoms with E-state index in [1.807, 2.05) is 31.2 Å². The lowest BCUT2D eigenvalue weighted by molar-refractivity contribution is -0.111. The third kappa shape index (κ3) is 10.0. The molecule has 0 bridgehead atoms. The van der Waals surface area contributed by atoms with Gasteiger partial charge in [-0.2, -0.15) is 0 Å². The van der Waals surface area contributed by atoms with E-state index in [9.17, 15) is 4.79 Å². The molecule has 0 aliphatic heterocycles. The molecular formula is C30H38ClN3O. The largest absolute Gasteiger partial charge is 0.368 e. The molecule has 2 N–H and O–H groups in total. The van der Waals surface area contributed by atoms with Crippen LogP contribution in [0.5, 0.6) is 0 Å². The Hall–Kier alpha value is -2.98. The quantitative estimate of drug-likeness (QED) is 0.375. The van der Waals surface area contributed by atoms with Gasteiger partial charge >= 0.3 is 0 Å². The zero-order valence-corrected chi connectivity index (χ0v) is 22.2. The number of nitrogens with two attached hydrogens (primary N) is 1. The third-order valence-corrected chi connectivity index (χ3v) is 6.35. The highest BCUT2D eigenvalue weighted by Gasteiger charge is 2.12. The Kier molecular flexibility index (Phi) is 12.2. The summed E-state index contributed by atoms with van der Waals surface area (Å²) in [5.41, 5.74) is 9.60. The smallest absolute Gasteiger partial charge is 0.220 e. The molecule has 186 valence electrons. The van der Waals surface area contributed by atoms with Gasteiger partial charge in [0.15, 0.2) is 5.78 Å². The second kappa shape index (κ2) is 15.1. The first kappa shape index (κ1) is 28.3. The first-order valence-corrected chi connectivity index (χ1v) is 12.8. The third-order valence-electron chi connectivity index (χ3n) is 6.02. The molecule has 1 fully saturated rings. The molecule has 4 nitrogen and oxygen atoms in total. The molecule has 1 aliphatic carbocycles. The van der Waals surface area contributed by atoms with Gasteiger partial charge in [0.25, 0.3) is 0 Å². The molecule has 2 aromatic carbocycles. The summed E-state index contributed by atoms with van der Waals surface area (Å²) in [6.07, 6.45) is 11.9. The molecule has 0 atom stereocenters. The molecule has 1 aliphatic rings. The number of nitrogen functional groups attached to an aromatic ring is 1. The number of rotatable bonds is 4. The molecule has 3 aromatic rings. The maximum atomic E-state index is 11.9. The number of carbonyl (C=O) groups is 1. The van der Waals surface area contributed by atoms with E-state index < -0.39 is 0 Å². The number of carbonyl (C=O) groups excluding carboxylic acids is 1. The highest BCUT2D eigenvalue weighted by atomic mass is 35.5. The number of halogens is 1. The number of nitrogens with zero attached hydrogens (tertiary/aromatic N) is 2. The summed E-state index contributed by atoms with van der Waals surface area (Å²) in [6, 6.07) is 17.7. The number of ketones is 1. The van der Waals surface area contributed by atoms with Crippen molar-refractivity contribution in [1.29, 1.82) is 0 Å². The Morgan fingerprint density at radius 3 is 2.17 bits per heavy atom. The fourth-order valence-electron chi connectivity index (χ4n) is 3.86. The number of aromatic nitrogens is 2. The van der Waals surface area contributed by atoms with Crippen molar-refractivity contribution in [2.24, 2.45) is 5.92 Å². The van der Waals surface area contributed by atoms with E-state index in [0.29, 0.717) is 21.9 Å². The molecule has 1 saturated carbocycles. The van der Waals surface area contributed by atoms with Gasteiger partial charge in [0.05, 0.1) is 5.69 Å². The number of benzene rings is 2. The van der Waals surface area contributed by atoms with E-state index in [4.69, 9.17) is 17.3 Å². The number of Topliss-reactive ketones (excluding diaryl/α,β-unsaturated/α-hetero) is 1. The monoisotopic (exact) mass is 491 g/mol. The summed E-state index contributed by atoms with van der Waals surface area (Å²) in [7, 11) is 0. The predicted octanol–water partition coefficient (Wildman–Crippen LogP) is 7.99. The highest BCUT2D eigenvalue weighted by Crippen LogP contribution is 2.27. The Bertz CT molecular complexity index is 1090. The van der Waals surface area contributed by atoms with Crippen LogP contribution in [0.2, 0.25) is 5.02 Å². The van der Waals surface area contributed by atoms with Gasteiger partial charge in [-0.25, -0.2) is 9.97 Å². The lowest BCUT2D eigenvalue weighted by atomic mass is 9.91. The van der Waals surface area contributed by atoms with Gasteiger partial charge in [0, 0.05) is 27.9 Å². The molecular weight excluding hydrogens is 454 g/mol. The lowest BCUT2D eigenvalue weighted by Gasteiger charge is -2.15. The van der Waals surface area contributed by atoms with Crippen LogP contribution in [0.1, 0.15) is 75.3 Å². The average Bonchev–Trinajstić information content (AvgIpc) is 2.86. The van der Waals surface area contributed by atoms with Crippen molar-refractivity contribution < 1.29 is 4.79 Å². The second-order valence-corrected chi connectivity index (χ2v) is 9.35. The molecule has 1 aromatic heterocycles. The zero-order chi connectivity index (χ0) is 25.6. The Labute approximate surface area is 215 Å². The Morgan fingerprint density at radius 2 is 1.69 bits per heavy atom. The molecule has 0 unspecified atom stereocenters. The number of allylic oxidation sites excluding steroid dienone is 1. The van der Waals surface area contributed by atoms with Crippen LogP contribution in [0.4, 0.5) is 5.95 Å². The first-order valence-electron chi connectivity index (χ1n) is 12.4. The van der Waals surface area contributed by atoms with Gasteiger partial charge in [-0.3, -0.25) is 4.79 Å². The maximum absolute atomic E-state index is 11.9. The van der Waals surface area contributed by atoms with Crippen molar-refractivity contribution in [2.45, 2.75) is 66.2 Å². The standard InChI is InChI=1S/C15H14ClN3O.C8H10.C7H14/c1-9-11(8-18-15(17)19-9)7-13(10(2)20)12-5-3-4-6-14(12)16;1-2-8-6-4-3-5-7-8;1-7-5-3-2-4-6-7/h3-8H,1-2H3,(H2,17,18,19);3-7H,2H2,1H3;7H,2-6H2,1H3/b13-7+;;. The number of anilines is 1. The molecule has 1 heterocycles. The van der Waals surface area contributed by atoms with E-state index in [1.54, 1.807) is 18.3 Å². The highest BCUT2D eigenvalue weighted by molar-refractivity contribution is 6.36. The lowest BCUT2D eigenvalue weighted by Crippen LogP contribution is -2.00. The second-order valence-electron chi connectivity index (χ2n) is 8.95. The molecule has 35 heavy (non-hydrogen) atoms. The van der Waals surface area contributed by atoms with E-state index >= 15 is 0 Å². The molecule has 5 heteroatoms. The van der Waals surface area contributed by atoms with Crippen LogP contribution in [0, 0.1) is 12.8 Å². The molecule has 0 saturated heterocycles. The minimum atomic E-state index is -0.0747. The van der Waals surface area contributed by atoms with Crippen molar-refractivity contribution in [1.82, 2.24) is 9.97 Å². The minimum absolute atomic E-state index is 0.0747. The van der Waals surface area contributed by atoms with Crippen molar-refractivity contribution >= 4 is 35.0 Å². The van der Waals surface area contributed by atoms with Crippen LogP contribution >= 0.6 is 11.6 Å². The van der Waals surface area contributed by atoms with Gasteiger partial charge in [-0.05, 0) is 43.9 Å². The topological polar surface area (TPSA) is 68.9 Å². The first-order chi connectivity index (χ1) is 16.8. The number of hydrogen-bond acceptors (Lipinski definition) is 4.